The molecule has 2 aliphatic rings. The zero-order valence-corrected chi connectivity index (χ0v) is 8.42. The SMILES string of the molecule is CC1(C)CN(C(=O)C2CC2)CC1N. The standard InChI is InChI=1S/C10H18N2O/c1-10(2)6-12(5-8(10)11)9(13)7-3-4-7/h7-8H,3-6,11H2,1-2H3. The maximum absolute atomic E-state index is 11.7. The first kappa shape index (κ1) is 9.00. The van der Waals surface area contributed by atoms with Crippen molar-refractivity contribution in [1.29, 1.82) is 0 Å². The van der Waals surface area contributed by atoms with Crippen LogP contribution in [0.4, 0.5) is 0 Å². The third-order valence-corrected chi connectivity index (χ3v) is 3.26. The maximum atomic E-state index is 11.7. The van der Waals surface area contributed by atoms with Gasteiger partial charge < -0.3 is 10.6 Å². The van der Waals surface area contributed by atoms with E-state index in [0.717, 1.165) is 25.9 Å². The highest BCUT2D eigenvalue weighted by Gasteiger charge is 2.42. The molecule has 2 fully saturated rings. The third kappa shape index (κ3) is 1.57. The highest BCUT2D eigenvalue weighted by molar-refractivity contribution is 5.81. The Bertz CT molecular complexity index is 233. The molecule has 0 spiro atoms. The fourth-order valence-electron chi connectivity index (χ4n) is 1.91. The van der Waals surface area contributed by atoms with Gasteiger partial charge in [-0.2, -0.15) is 0 Å². The number of amides is 1. The van der Waals surface area contributed by atoms with E-state index < -0.39 is 0 Å². The van der Waals surface area contributed by atoms with Crippen molar-refractivity contribution in [2.75, 3.05) is 13.1 Å². The number of carbonyl (C=O) groups excluding carboxylic acids is 1. The highest BCUT2D eigenvalue weighted by Crippen LogP contribution is 2.35. The molecule has 0 bridgehead atoms. The van der Waals surface area contributed by atoms with Gasteiger partial charge in [0.25, 0.3) is 0 Å². The van der Waals surface area contributed by atoms with Crippen LogP contribution in [0.2, 0.25) is 0 Å². The molecule has 1 aliphatic carbocycles. The van der Waals surface area contributed by atoms with Crippen molar-refractivity contribution >= 4 is 5.91 Å². The Labute approximate surface area is 79.3 Å². The van der Waals surface area contributed by atoms with Crippen molar-refractivity contribution < 1.29 is 4.79 Å². The molecule has 1 aliphatic heterocycles. The Morgan fingerprint density at radius 1 is 1.46 bits per heavy atom. The second kappa shape index (κ2) is 2.71. The van der Waals surface area contributed by atoms with Crippen LogP contribution in [-0.4, -0.2) is 29.9 Å². The molecule has 0 aromatic heterocycles. The van der Waals surface area contributed by atoms with Crippen LogP contribution in [-0.2, 0) is 4.79 Å². The maximum Gasteiger partial charge on any atom is 0.225 e. The lowest BCUT2D eigenvalue weighted by Gasteiger charge is -2.21. The molecule has 1 amide bonds. The van der Waals surface area contributed by atoms with Crippen molar-refractivity contribution in [2.45, 2.75) is 32.7 Å². The van der Waals surface area contributed by atoms with Crippen molar-refractivity contribution in [3.63, 3.8) is 0 Å². The van der Waals surface area contributed by atoms with E-state index in [0.29, 0.717) is 11.8 Å². The number of likely N-dealkylation sites (tertiary alicyclic amines) is 1. The summed E-state index contributed by atoms with van der Waals surface area (Å²) in [5, 5.41) is 0. The van der Waals surface area contributed by atoms with Crippen LogP contribution in [0.3, 0.4) is 0 Å². The van der Waals surface area contributed by atoms with Gasteiger partial charge in [-0.25, -0.2) is 0 Å². The van der Waals surface area contributed by atoms with E-state index in [-0.39, 0.29) is 11.5 Å². The molecule has 1 saturated heterocycles. The molecule has 3 nitrogen and oxygen atoms in total. The number of nitrogens with two attached hydrogens (primary N) is 1. The van der Waals surface area contributed by atoms with Gasteiger partial charge >= 0.3 is 0 Å². The van der Waals surface area contributed by atoms with Crippen LogP contribution in [0.15, 0.2) is 0 Å². The molecular weight excluding hydrogens is 164 g/mol. The summed E-state index contributed by atoms with van der Waals surface area (Å²) in [5.41, 5.74) is 6.07. The quantitative estimate of drug-likeness (QED) is 0.645. The molecule has 3 heteroatoms. The third-order valence-electron chi connectivity index (χ3n) is 3.26. The number of carbonyl (C=O) groups is 1. The van der Waals surface area contributed by atoms with E-state index in [1.54, 1.807) is 0 Å². The van der Waals surface area contributed by atoms with Gasteiger partial charge in [-0.3, -0.25) is 4.79 Å². The van der Waals surface area contributed by atoms with E-state index in [2.05, 4.69) is 13.8 Å². The summed E-state index contributed by atoms with van der Waals surface area (Å²) in [4.78, 5) is 13.7. The van der Waals surface area contributed by atoms with Gasteiger partial charge in [0, 0.05) is 25.0 Å². The predicted octanol–water partition coefficient (Wildman–Crippen LogP) is 0.592. The van der Waals surface area contributed by atoms with Gasteiger partial charge in [0.2, 0.25) is 5.91 Å². The summed E-state index contributed by atoms with van der Waals surface area (Å²) >= 11 is 0. The van der Waals surface area contributed by atoms with Gasteiger partial charge in [-0.05, 0) is 18.3 Å². The second-order valence-corrected chi connectivity index (χ2v) is 5.09. The average Bonchev–Trinajstić information content (AvgIpc) is 2.80. The normalized spacial score (nSPS) is 32.2. The van der Waals surface area contributed by atoms with Gasteiger partial charge in [-0.1, -0.05) is 13.8 Å². The Morgan fingerprint density at radius 2 is 2.08 bits per heavy atom. The Balaban J connectivity index is 2.00. The molecule has 1 saturated carbocycles. The second-order valence-electron chi connectivity index (χ2n) is 5.09. The van der Waals surface area contributed by atoms with E-state index in [9.17, 15) is 4.79 Å². The summed E-state index contributed by atoms with van der Waals surface area (Å²) in [6, 6.07) is 0.148. The number of rotatable bonds is 1. The summed E-state index contributed by atoms with van der Waals surface area (Å²) < 4.78 is 0. The molecule has 0 aromatic carbocycles. The molecule has 1 unspecified atom stereocenters. The van der Waals surface area contributed by atoms with E-state index in [1.165, 1.54) is 0 Å². The zero-order valence-electron chi connectivity index (χ0n) is 8.42. The molecule has 0 aromatic rings. The van der Waals surface area contributed by atoms with Crippen LogP contribution in [0.25, 0.3) is 0 Å². The first-order valence-corrected chi connectivity index (χ1v) is 5.05. The number of hydrogen-bond donors (Lipinski definition) is 1. The lowest BCUT2D eigenvalue weighted by atomic mass is 9.89. The minimum Gasteiger partial charge on any atom is -0.340 e. The first-order chi connectivity index (χ1) is 6.00. The van der Waals surface area contributed by atoms with E-state index in [4.69, 9.17) is 5.73 Å². The Hall–Kier alpha value is -0.570. The monoisotopic (exact) mass is 182 g/mol. The number of hydrogen-bond acceptors (Lipinski definition) is 2. The fraction of sp³-hybridized carbons (Fsp3) is 0.900. The predicted molar refractivity (Wildman–Crippen MR) is 51.1 cm³/mol. The van der Waals surface area contributed by atoms with Gasteiger partial charge in [0.1, 0.15) is 0 Å². The summed E-state index contributed by atoms with van der Waals surface area (Å²) in [7, 11) is 0. The van der Waals surface area contributed by atoms with Crippen molar-refractivity contribution in [1.82, 2.24) is 4.90 Å². The molecule has 13 heavy (non-hydrogen) atoms. The van der Waals surface area contributed by atoms with Crippen LogP contribution >= 0.6 is 0 Å². The Morgan fingerprint density at radius 3 is 2.46 bits per heavy atom. The van der Waals surface area contributed by atoms with Crippen LogP contribution in [0, 0.1) is 11.3 Å². The molecule has 2 rings (SSSR count). The summed E-state index contributed by atoms with van der Waals surface area (Å²) in [5.74, 6) is 0.669. The van der Waals surface area contributed by atoms with Crippen molar-refractivity contribution in [3.8, 4) is 0 Å². The van der Waals surface area contributed by atoms with E-state index in [1.807, 2.05) is 4.90 Å². The van der Waals surface area contributed by atoms with Crippen molar-refractivity contribution in [3.05, 3.63) is 0 Å². The molecular formula is C10H18N2O. The van der Waals surface area contributed by atoms with Crippen LogP contribution in [0.1, 0.15) is 26.7 Å². The molecule has 1 atom stereocenters. The number of nitrogens with zero attached hydrogens (tertiary/aromatic N) is 1. The largest absolute Gasteiger partial charge is 0.340 e. The van der Waals surface area contributed by atoms with E-state index >= 15 is 0 Å². The highest BCUT2D eigenvalue weighted by atomic mass is 16.2. The average molecular weight is 182 g/mol. The Kier molecular flexibility index (Phi) is 1.88. The minimum absolute atomic E-state index is 0.102. The minimum atomic E-state index is 0.102. The summed E-state index contributed by atoms with van der Waals surface area (Å²) in [6.45, 7) is 5.86. The van der Waals surface area contributed by atoms with Gasteiger partial charge in [-0.15, -0.1) is 0 Å². The van der Waals surface area contributed by atoms with Gasteiger partial charge in [0.15, 0.2) is 0 Å². The zero-order chi connectivity index (χ0) is 9.64. The van der Waals surface area contributed by atoms with Gasteiger partial charge in [0.05, 0.1) is 0 Å². The summed E-state index contributed by atoms with van der Waals surface area (Å²) in [6.07, 6.45) is 2.18. The molecule has 2 N–H and O–H groups in total. The van der Waals surface area contributed by atoms with Crippen molar-refractivity contribution in [2.24, 2.45) is 17.1 Å². The fourth-order valence-corrected chi connectivity index (χ4v) is 1.91. The van der Waals surface area contributed by atoms with Crippen LogP contribution < -0.4 is 5.73 Å². The molecule has 1 heterocycles. The smallest absolute Gasteiger partial charge is 0.225 e. The van der Waals surface area contributed by atoms with Crippen LogP contribution in [0.5, 0.6) is 0 Å². The lowest BCUT2D eigenvalue weighted by Crippen LogP contribution is -2.35. The topological polar surface area (TPSA) is 46.3 Å². The molecule has 74 valence electrons. The first-order valence-electron chi connectivity index (χ1n) is 5.05. The molecule has 0 radical (unpaired) electrons. The lowest BCUT2D eigenvalue weighted by molar-refractivity contribution is -0.131.